The van der Waals surface area contributed by atoms with Crippen molar-refractivity contribution >= 4 is 11.8 Å². The lowest BCUT2D eigenvalue weighted by Crippen LogP contribution is -2.56. The Morgan fingerprint density at radius 2 is 2.12 bits per heavy atom. The fraction of sp³-hybridized carbons (Fsp3) is 1.00. The molecule has 0 spiro atoms. The summed E-state index contributed by atoms with van der Waals surface area (Å²) in [5.74, 6) is 2.57. The molecule has 3 nitrogen and oxygen atoms in total. The van der Waals surface area contributed by atoms with Gasteiger partial charge in [-0.15, -0.1) is 0 Å². The van der Waals surface area contributed by atoms with E-state index in [-0.39, 0.29) is 0 Å². The van der Waals surface area contributed by atoms with Gasteiger partial charge in [-0.1, -0.05) is 0 Å². The zero-order chi connectivity index (χ0) is 11.7. The molecule has 98 valence electrons. The van der Waals surface area contributed by atoms with Crippen molar-refractivity contribution in [2.75, 3.05) is 44.2 Å². The Labute approximate surface area is 109 Å². The number of nitrogens with zero attached hydrogens (tertiary/aromatic N) is 2. The second-order valence-corrected chi connectivity index (χ2v) is 6.97. The van der Waals surface area contributed by atoms with Crippen molar-refractivity contribution in [2.24, 2.45) is 5.73 Å². The van der Waals surface area contributed by atoms with Crippen molar-refractivity contribution in [1.29, 1.82) is 0 Å². The maximum Gasteiger partial charge on any atom is 0.0430 e. The van der Waals surface area contributed by atoms with Crippen LogP contribution in [-0.4, -0.2) is 65.6 Å². The Hall–Kier alpha value is 0.230. The summed E-state index contributed by atoms with van der Waals surface area (Å²) in [5.41, 5.74) is 6.46. The summed E-state index contributed by atoms with van der Waals surface area (Å²) >= 11 is 2.10. The monoisotopic (exact) mass is 255 g/mol. The minimum Gasteiger partial charge on any atom is -0.329 e. The van der Waals surface area contributed by atoms with Crippen LogP contribution in [0.4, 0.5) is 0 Å². The predicted molar refractivity (Wildman–Crippen MR) is 74.5 cm³/mol. The molecular formula is C13H25N3S. The molecule has 3 fully saturated rings. The standard InChI is InChI=1S/C13H25N3S/c14-10-13(4-8-17-11-13)16-7-2-6-15-5-1-3-12(15)9-16/h12H,1-11,14H2. The van der Waals surface area contributed by atoms with Crippen molar-refractivity contribution in [1.82, 2.24) is 9.80 Å². The first-order valence-electron chi connectivity index (χ1n) is 7.11. The molecule has 3 aliphatic heterocycles. The normalized spacial score (nSPS) is 40.4. The summed E-state index contributed by atoms with van der Waals surface area (Å²) in [5, 5.41) is 0. The van der Waals surface area contributed by atoms with Gasteiger partial charge in [0.2, 0.25) is 0 Å². The van der Waals surface area contributed by atoms with Gasteiger partial charge in [-0.3, -0.25) is 9.80 Å². The SMILES string of the molecule is NCC1(N2CCCN3CCCC3C2)CCSC1. The molecule has 0 saturated carbocycles. The third-order valence-corrected chi connectivity index (χ3v) is 6.17. The van der Waals surface area contributed by atoms with E-state index in [0.29, 0.717) is 5.54 Å². The molecule has 0 amide bonds. The molecule has 3 rings (SSSR count). The minimum atomic E-state index is 0.337. The fourth-order valence-corrected chi connectivity index (χ4v) is 5.27. The molecule has 3 aliphatic rings. The van der Waals surface area contributed by atoms with Crippen LogP contribution in [0, 0.1) is 0 Å². The van der Waals surface area contributed by atoms with Crippen LogP contribution >= 0.6 is 11.8 Å². The molecular weight excluding hydrogens is 230 g/mol. The molecule has 0 aromatic heterocycles. The van der Waals surface area contributed by atoms with Crippen LogP contribution in [0.5, 0.6) is 0 Å². The topological polar surface area (TPSA) is 32.5 Å². The highest BCUT2D eigenvalue weighted by molar-refractivity contribution is 7.99. The van der Waals surface area contributed by atoms with Gasteiger partial charge in [0, 0.05) is 37.0 Å². The number of thioether (sulfide) groups is 1. The van der Waals surface area contributed by atoms with Crippen LogP contribution in [-0.2, 0) is 0 Å². The first kappa shape index (κ1) is 12.3. The number of hydrogen-bond donors (Lipinski definition) is 1. The van der Waals surface area contributed by atoms with Gasteiger partial charge in [0.15, 0.2) is 0 Å². The maximum absolute atomic E-state index is 6.12. The van der Waals surface area contributed by atoms with E-state index < -0.39 is 0 Å². The second kappa shape index (κ2) is 5.08. The Kier molecular flexibility index (Phi) is 3.67. The summed E-state index contributed by atoms with van der Waals surface area (Å²) in [6, 6.07) is 0.825. The molecule has 0 aromatic rings. The lowest BCUT2D eigenvalue weighted by Gasteiger charge is -2.40. The number of nitrogens with two attached hydrogens (primary N) is 1. The highest BCUT2D eigenvalue weighted by Gasteiger charge is 2.41. The molecule has 0 bridgehead atoms. The van der Waals surface area contributed by atoms with E-state index in [0.717, 1.165) is 12.6 Å². The molecule has 2 N–H and O–H groups in total. The van der Waals surface area contributed by atoms with Crippen LogP contribution in [0.15, 0.2) is 0 Å². The molecule has 3 saturated heterocycles. The second-order valence-electron chi connectivity index (χ2n) is 5.86. The average molecular weight is 255 g/mol. The van der Waals surface area contributed by atoms with Crippen molar-refractivity contribution in [2.45, 2.75) is 37.3 Å². The van der Waals surface area contributed by atoms with Crippen molar-refractivity contribution < 1.29 is 0 Å². The fourth-order valence-electron chi connectivity index (χ4n) is 3.77. The average Bonchev–Trinajstić information content (AvgIpc) is 2.95. The quantitative estimate of drug-likeness (QED) is 0.798. The Balaban J connectivity index is 1.73. The van der Waals surface area contributed by atoms with Crippen LogP contribution in [0.3, 0.4) is 0 Å². The van der Waals surface area contributed by atoms with Gasteiger partial charge in [-0.2, -0.15) is 11.8 Å². The Morgan fingerprint density at radius 3 is 2.88 bits per heavy atom. The largest absolute Gasteiger partial charge is 0.329 e. The van der Waals surface area contributed by atoms with E-state index in [2.05, 4.69) is 21.6 Å². The number of hydrogen-bond acceptors (Lipinski definition) is 4. The van der Waals surface area contributed by atoms with E-state index in [1.165, 1.54) is 63.4 Å². The molecule has 2 unspecified atom stereocenters. The zero-order valence-corrected chi connectivity index (χ0v) is 11.6. The van der Waals surface area contributed by atoms with E-state index in [9.17, 15) is 0 Å². The number of rotatable bonds is 2. The van der Waals surface area contributed by atoms with Crippen LogP contribution < -0.4 is 5.73 Å². The molecule has 2 atom stereocenters. The zero-order valence-electron chi connectivity index (χ0n) is 10.7. The summed E-state index contributed by atoms with van der Waals surface area (Å²) in [6.07, 6.45) is 5.46. The van der Waals surface area contributed by atoms with Gasteiger partial charge >= 0.3 is 0 Å². The summed E-state index contributed by atoms with van der Waals surface area (Å²) < 4.78 is 0. The third kappa shape index (κ3) is 2.25. The Morgan fingerprint density at radius 1 is 1.24 bits per heavy atom. The summed E-state index contributed by atoms with van der Waals surface area (Å²) in [6.45, 7) is 6.05. The Bertz CT molecular complexity index is 265. The first-order chi connectivity index (χ1) is 8.34. The van der Waals surface area contributed by atoms with E-state index in [4.69, 9.17) is 5.73 Å². The van der Waals surface area contributed by atoms with Crippen molar-refractivity contribution in [3.63, 3.8) is 0 Å². The third-order valence-electron chi connectivity index (χ3n) is 4.94. The van der Waals surface area contributed by atoms with Crippen LogP contribution in [0.1, 0.15) is 25.7 Å². The minimum absolute atomic E-state index is 0.337. The lowest BCUT2D eigenvalue weighted by molar-refractivity contribution is 0.105. The van der Waals surface area contributed by atoms with E-state index in [1.807, 2.05) is 0 Å². The van der Waals surface area contributed by atoms with Gasteiger partial charge in [-0.05, 0) is 44.5 Å². The van der Waals surface area contributed by atoms with Crippen molar-refractivity contribution in [3.8, 4) is 0 Å². The molecule has 3 heterocycles. The maximum atomic E-state index is 6.12. The highest BCUT2D eigenvalue weighted by atomic mass is 32.2. The smallest absolute Gasteiger partial charge is 0.0430 e. The van der Waals surface area contributed by atoms with Gasteiger partial charge in [0.05, 0.1) is 0 Å². The lowest BCUT2D eigenvalue weighted by atomic mass is 9.95. The molecule has 17 heavy (non-hydrogen) atoms. The van der Waals surface area contributed by atoms with Gasteiger partial charge in [0.1, 0.15) is 0 Å². The van der Waals surface area contributed by atoms with Gasteiger partial charge in [0.25, 0.3) is 0 Å². The molecule has 4 heteroatoms. The first-order valence-corrected chi connectivity index (χ1v) is 8.26. The summed E-state index contributed by atoms with van der Waals surface area (Å²) in [7, 11) is 0. The summed E-state index contributed by atoms with van der Waals surface area (Å²) in [4.78, 5) is 5.47. The molecule has 0 radical (unpaired) electrons. The molecule has 0 aliphatic carbocycles. The van der Waals surface area contributed by atoms with Crippen molar-refractivity contribution in [3.05, 3.63) is 0 Å². The highest BCUT2D eigenvalue weighted by Crippen LogP contribution is 2.35. The molecule has 0 aromatic carbocycles. The van der Waals surface area contributed by atoms with Gasteiger partial charge in [-0.25, -0.2) is 0 Å². The van der Waals surface area contributed by atoms with Crippen LogP contribution in [0.2, 0.25) is 0 Å². The van der Waals surface area contributed by atoms with Gasteiger partial charge < -0.3 is 5.73 Å². The number of fused-ring (bicyclic) bond motifs is 1. The van der Waals surface area contributed by atoms with E-state index in [1.54, 1.807) is 0 Å². The van der Waals surface area contributed by atoms with E-state index >= 15 is 0 Å². The van der Waals surface area contributed by atoms with Crippen LogP contribution in [0.25, 0.3) is 0 Å². The predicted octanol–water partition coefficient (Wildman–Crippen LogP) is 0.991.